The maximum absolute atomic E-state index is 12.2. The van der Waals surface area contributed by atoms with Crippen LogP contribution in [-0.4, -0.2) is 103 Å². The Morgan fingerprint density at radius 1 is 1.19 bits per heavy atom. The van der Waals surface area contributed by atoms with E-state index in [0.717, 1.165) is 38.3 Å². The lowest BCUT2D eigenvalue weighted by Gasteiger charge is -2.39. The highest BCUT2D eigenvalue weighted by molar-refractivity contribution is 5.89. The minimum Gasteiger partial charge on any atom is -0.406 e. The number of aliphatic hydroxyl groups excluding tert-OH is 2. The zero-order chi connectivity index (χ0) is 22.6. The number of hydrogen-bond donors (Lipinski definition) is 4. The molecule has 4 atom stereocenters. The van der Waals surface area contributed by atoms with Crippen molar-refractivity contribution in [1.29, 1.82) is 0 Å². The quantitative estimate of drug-likeness (QED) is 0.501. The third-order valence-corrected chi connectivity index (χ3v) is 5.41. The molecule has 3 rings (SSSR count). The third kappa shape index (κ3) is 6.43. The molecule has 9 nitrogen and oxygen atoms in total. The van der Waals surface area contributed by atoms with Crippen molar-refractivity contribution in [3.05, 3.63) is 24.3 Å². The fourth-order valence-corrected chi connectivity index (χ4v) is 3.82. The number of ether oxygens (including phenoxy) is 2. The van der Waals surface area contributed by atoms with Gasteiger partial charge in [0.1, 0.15) is 18.0 Å². The second-order valence-electron chi connectivity index (χ2n) is 7.62. The van der Waals surface area contributed by atoms with Crippen molar-refractivity contribution >= 4 is 11.7 Å². The topological polar surface area (TPSA) is 107 Å². The molecule has 0 radical (unpaired) electrons. The average molecular weight is 448 g/mol. The molecule has 0 aromatic heterocycles. The molecule has 4 N–H and O–H groups in total. The van der Waals surface area contributed by atoms with Gasteiger partial charge < -0.3 is 35.2 Å². The monoisotopic (exact) mass is 448 g/mol. The molecule has 2 aliphatic rings. The number of aliphatic hydroxyl groups is 2. The second-order valence-corrected chi connectivity index (χ2v) is 7.62. The maximum atomic E-state index is 12.2. The predicted molar refractivity (Wildman–Crippen MR) is 105 cm³/mol. The van der Waals surface area contributed by atoms with Crippen LogP contribution in [0, 0.1) is 0 Å². The van der Waals surface area contributed by atoms with Gasteiger partial charge in [0.15, 0.2) is 0 Å². The number of carbonyl (C=O) groups is 1. The Labute approximate surface area is 177 Å². The number of halogens is 3. The summed E-state index contributed by atoms with van der Waals surface area (Å²) in [6.07, 6.45) is -6.93. The molecule has 174 valence electrons. The Hall–Kier alpha value is -2.12. The first-order chi connectivity index (χ1) is 14.7. The second kappa shape index (κ2) is 10.0. The Balaban J connectivity index is 1.54. The number of nitrogens with one attached hydrogen (secondary N) is 2. The minimum absolute atomic E-state index is 0.0890. The van der Waals surface area contributed by atoms with Gasteiger partial charge in [-0.25, -0.2) is 4.79 Å². The number of urea groups is 1. The van der Waals surface area contributed by atoms with Gasteiger partial charge in [-0.2, -0.15) is 0 Å². The molecule has 0 unspecified atom stereocenters. The van der Waals surface area contributed by atoms with E-state index in [-0.39, 0.29) is 24.9 Å². The van der Waals surface area contributed by atoms with Crippen molar-refractivity contribution in [3.8, 4) is 5.75 Å². The van der Waals surface area contributed by atoms with Gasteiger partial charge in [-0.1, -0.05) is 0 Å². The summed E-state index contributed by atoms with van der Waals surface area (Å²) in [5.41, 5.74) is 0.281. The summed E-state index contributed by atoms with van der Waals surface area (Å²) < 4.78 is 46.2. The molecule has 12 heteroatoms. The predicted octanol–water partition coefficient (Wildman–Crippen LogP) is 0.443. The van der Waals surface area contributed by atoms with Gasteiger partial charge in [0, 0.05) is 38.4 Å². The molecular formula is C19H27F3N4O5. The van der Waals surface area contributed by atoms with E-state index < -0.39 is 36.5 Å². The van der Waals surface area contributed by atoms with Gasteiger partial charge in [0.05, 0.1) is 18.8 Å². The van der Waals surface area contributed by atoms with Gasteiger partial charge >= 0.3 is 12.4 Å². The molecule has 2 fully saturated rings. The van der Waals surface area contributed by atoms with Crippen LogP contribution in [0.3, 0.4) is 0 Å². The number of rotatable bonds is 6. The van der Waals surface area contributed by atoms with E-state index in [1.807, 2.05) is 7.05 Å². The van der Waals surface area contributed by atoms with E-state index in [4.69, 9.17) is 4.74 Å². The van der Waals surface area contributed by atoms with Gasteiger partial charge in [0.2, 0.25) is 0 Å². The fraction of sp³-hybridized carbons (Fsp3) is 0.632. The van der Waals surface area contributed by atoms with Crippen molar-refractivity contribution < 1.29 is 37.7 Å². The van der Waals surface area contributed by atoms with Crippen LogP contribution < -0.4 is 15.4 Å². The lowest BCUT2D eigenvalue weighted by molar-refractivity contribution is -0.274. The lowest BCUT2D eigenvalue weighted by Crippen LogP contribution is -2.57. The average Bonchev–Trinajstić information content (AvgIpc) is 3.03. The number of carbonyl (C=O) groups excluding carboxylic acids is 1. The molecule has 0 aliphatic carbocycles. The molecular weight excluding hydrogens is 421 g/mol. The standard InChI is InChI=1S/C19H27F3N4O5/c1-25-6-8-26(9-7-25)16-14(30-15(11-27)17(16)28)10-23-18(29)24-12-2-4-13(5-3-12)31-19(20,21)22/h2-5,14-17,27-28H,6-11H2,1H3,(H2,23,24,29)/t14-,15+,16+,17-/m1/s1. The summed E-state index contributed by atoms with van der Waals surface area (Å²) in [7, 11) is 2.01. The maximum Gasteiger partial charge on any atom is 0.573 e. The van der Waals surface area contributed by atoms with E-state index in [9.17, 15) is 28.2 Å². The van der Waals surface area contributed by atoms with Gasteiger partial charge in [-0.3, -0.25) is 4.90 Å². The van der Waals surface area contributed by atoms with Crippen LogP contribution in [-0.2, 0) is 4.74 Å². The summed E-state index contributed by atoms with van der Waals surface area (Å²) in [6, 6.07) is 3.80. The first kappa shape index (κ1) is 23.5. The Bertz CT molecular complexity index is 728. The van der Waals surface area contributed by atoms with Crippen molar-refractivity contribution in [2.24, 2.45) is 0 Å². The molecule has 2 saturated heterocycles. The van der Waals surface area contributed by atoms with Crippen LogP contribution in [0.1, 0.15) is 0 Å². The molecule has 1 aromatic rings. The summed E-state index contributed by atoms with van der Waals surface area (Å²) >= 11 is 0. The smallest absolute Gasteiger partial charge is 0.406 e. The largest absolute Gasteiger partial charge is 0.573 e. The molecule has 2 aliphatic heterocycles. The normalized spacial score (nSPS) is 27.8. The first-order valence-corrected chi connectivity index (χ1v) is 9.94. The Kier molecular flexibility index (Phi) is 7.59. The summed E-state index contributed by atoms with van der Waals surface area (Å²) in [4.78, 5) is 16.5. The highest BCUT2D eigenvalue weighted by Crippen LogP contribution is 2.27. The van der Waals surface area contributed by atoms with Gasteiger partial charge in [-0.15, -0.1) is 13.2 Å². The van der Waals surface area contributed by atoms with E-state index in [1.54, 1.807) is 0 Å². The molecule has 1 aromatic carbocycles. The van der Waals surface area contributed by atoms with Crippen molar-refractivity contribution in [3.63, 3.8) is 0 Å². The van der Waals surface area contributed by atoms with Crippen LogP contribution >= 0.6 is 0 Å². The summed E-state index contributed by atoms with van der Waals surface area (Å²) in [6.45, 7) is 2.89. The van der Waals surface area contributed by atoms with Crippen LogP contribution in [0.5, 0.6) is 5.75 Å². The molecule has 2 amide bonds. The number of hydrogen-bond acceptors (Lipinski definition) is 7. The van der Waals surface area contributed by atoms with E-state index in [2.05, 4.69) is 25.2 Å². The highest BCUT2D eigenvalue weighted by atomic mass is 19.4. The van der Waals surface area contributed by atoms with E-state index in [1.165, 1.54) is 12.1 Å². The molecule has 0 saturated carbocycles. The van der Waals surface area contributed by atoms with Crippen LogP contribution in [0.4, 0.5) is 23.7 Å². The lowest BCUT2D eigenvalue weighted by atomic mass is 10.0. The number of benzene rings is 1. The third-order valence-electron chi connectivity index (χ3n) is 5.41. The first-order valence-electron chi connectivity index (χ1n) is 9.94. The number of amides is 2. The Morgan fingerprint density at radius 3 is 2.42 bits per heavy atom. The van der Waals surface area contributed by atoms with Crippen LogP contribution in [0.25, 0.3) is 0 Å². The van der Waals surface area contributed by atoms with Gasteiger partial charge in [-0.05, 0) is 31.3 Å². The van der Waals surface area contributed by atoms with Gasteiger partial charge in [0.25, 0.3) is 0 Å². The molecule has 31 heavy (non-hydrogen) atoms. The van der Waals surface area contributed by atoms with Crippen molar-refractivity contribution in [1.82, 2.24) is 15.1 Å². The minimum atomic E-state index is -4.79. The van der Waals surface area contributed by atoms with Crippen LogP contribution in [0.2, 0.25) is 0 Å². The zero-order valence-corrected chi connectivity index (χ0v) is 17.0. The van der Waals surface area contributed by atoms with E-state index >= 15 is 0 Å². The number of nitrogens with zero attached hydrogens (tertiary/aromatic N) is 2. The van der Waals surface area contributed by atoms with Crippen molar-refractivity contribution in [2.45, 2.75) is 30.7 Å². The SMILES string of the molecule is CN1CCN([C@@H]2[C@H](O)[C@H](CO)O[C@@H]2CNC(=O)Nc2ccc(OC(F)(F)F)cc2)CC1. The van der Waals surface area contributed by atoms with Crippen LogP contribution in [0.15, 0.2) is 24.3 Å². The molecule has 0 bridgehead atoms. The molecule has 0 spiro atoms. The summed E-state index contributed by atoms with van der Waals surface area (Å²) in [5.74, 6) is -0.392. The number of piperazine rings is 1. The number of likely N-dealkylation sites (N-methyl/N-ethyl adjacent to an activating group) is 1. The molecule has 2 heterocycles. The zero-order valence-electron chi connectivity index (χ0n) is 17.0. The van der Waals surface area contributed by atoms with E-state index in [0.29, 0.717) is 0 Å². The Morgan fingerprint density at radius 2 is 1.84 bits per heavy atom. The number of anilines is 1. The number of alkyl halides is 3. The van der Waals surface area contributed by atoms with Crippen molar-refractivity contribution in [2.75, 3.05) is 51.7 Å². The summed E-state index contributed by atoms with van der Waals surface area (Å²) in [5, 5.41) is 25.2. The fourth-order valence-electron chi connectivity index (χ4n) is 3.82. The highest BCUT2D eigenvalue weighted by Gasteiger charge is 2.46.